The Morgan fingerprint density at radius 3 is 2.48 bits per heavy atom. The third kappa shape index (κ3) is 6.83. The summed E-state index contributed by atoms with van der Waals surface area (Å²) in [5.74, 6) is 0.0831. The number of unbranched alkanes of at least 4 members (excludes halogenated alkanes) is 2. The van der Waals surface area contributed by atoms with Crippen LogP contribution in [-0.4, -0.2) is 29.1 Å². The van der Waals surface area contributed by atoms with Crippen molar-refractivity contribution in [3.8, 4) is 22.8 Å². The van der Waals surface area contributed by atoms with Crippen LogP contribution >= 0.6 is 0 Å². The zero-order valence-electron chi connectivity index (χ0n) is 23.6. The first kappa shape index (κ1) is 29.6. The maximum atomic E-state index is 13.4. The molecule has 1 aliphatic carbocycles. The van der Waals surface area contributed by atoms with Crippen molar-refractivity contribution in [1.82, 2.24) is 4.57 Å². The lowest BCUT2D eigenvalue weighted by molar-refractivity contribution is -0.274. The topological polar surface area (TPSA) is 49.7 Å². The Balaban J connectivity index is 1.62. The quantitative estimate of drug-likeness (QED) is 0.135. The van der Waals surface area contributed by atoms with E-state index in [4.69, 9.17) is 9.47 Å². The molecule has 1 aromatic heterocycles. The van der Waals surface area contributed by atoms with E-state index in [1.807, 2.05) is 48.7 Å². The van der Waals surface area contributed by atoms with E-state index < -0.39 is 12.3 Å². The number of alkyl halides is 3. The number of carbonyl (C=O) groups is 1. The molecule has 0 aliphatic heterocycles. The fourth-order valence-electron chi connectivity index (χ4n) is 5.43. The Bertz CT molecular complexity index is 1360. The molecule has 0 bridgehead atoms. The van der Waals surface area contributed by atoms with E-state index in [0.29, 0.717) is 42.0 Å². The second-order valence-corrected chi connectivity index (χ2v) is 10.6. The molecule has 3 aromatic rings. The van der Waals surface area contributed by atoms with Crippen molar-refractivity contribution in [2.24, 2.45) is 5.92 Å². The molecule has 1 fully saturated rings. The lowest BCUT2D eigenvalue weighted by Gasteiger charge is -2.22. The normalized spacial score (nSPS) is 19.1. The Hall–Kier alpha value is -3.42. The summed E-state index contributed by atoms with van der Waals surface area (Å²) in [6.45, 7) is 11.9. The van der Waals surface area contributed by atoms with Crippen LogP contribution in [-0.2, 0) is 22.5 Å². The van der Waals surface area contributed by atoms with E-state index in [-0.39, 0.29) is 23.9 Å². The highest BCUT2D eigenvalue weighted by Crippen LogP contribution is 2.39. The molecule has 40 heavy (non-hydrogen) atoms. The number of aryl methyl sites for hydroxylation is 2. The van der Waals surface area contributed by atoms with Gasteiger partial charge in [0.25, 0.3) is 0 Å². The number of nitrogens with zero attached hydrogens (tertiary/aromatic N) is 1. The Morgan fingerprint density at radius 2 is 1.80 bits per heavy atom. The van der Waals surface area contributed by atoms with Gasteiger partial charge < -0.3 is 18.8 Å². The van der Waals surface area contributed by atoms with Gasteiger partial charge in [0.15, 0.2) is 0 Å². The number of fused-ring (bicyclic) bond motifs is 1. The van der Waals surface area contributed by atoms with Crippen LogP contribution in [0.2, 0.25) is 0 Å². The molecule has 0 saturated heterocycles. The minimum atomic E-state index is -4.80. The van der Waals surface area contributed by atoms with Gasteiger partial charge in [-0.15, -0.1) is 13.2 Å². The summed E-state index contributed by atoms with van der Waals surface area (Å²) in [6, 6.07) is 12.7. The van der Waals surface area contributed by atoms with Crippen LogP contribution in [0.4, 0.5) is 13.2 Å². The summed E-state index contributed by atoms with van der Waals surface area (Å²) < 4.78 is 58.6. The molecule has 0 radical (unpaired) electrons. The monoisotopic (exact) mass is 557 g/mol. The summed E-state index contributed by atoms with van der Waals surface area (Å²) in [5, 5.41) is 0.891. The third-order valence-electron chi connectivity index (χ3n) is 7.61. The van der Waals surface area contributed by atoms with Gasteiger partial charge in [0, 0.05) is 35.1 Å². The number of esters is 1. The number of halogens is 3. The second kappa shape index (κ2) is 12.4. The number of rotatable bonds is 11. The molecular weight excluding hydrogens is 519 g/mol. The minimum Gasteiger partial charge on any atom is -0.490 e. The molecule has 3 unspecified atom stereocenters. The maximum Gasteiger partial charge on any atom is 0.573 e. The smallest absolute Gasteiger partial charge is 0.490 e. The standard InChI is InChI=1S/C32H38F3NO4/c1-6-8-9-10-22-11-14-25(30(17-22)40-32(33,34)35)27-18-23-12-13-24(19-26(23)36(27)7-2)38-28-15-16-29(21(28)5)39-31(37)20(3)4/h11-14,17-19,21,28-29H,3,6-10,15-16H2,1-2,4-5H3. The molecule has 3 atom stereocenters. The van der Waals surface area contributed by atoms with Gasteiger partial charge in [0.2, 0.25) is 0 Å². The van der Waals surface area contributed by atoms with Crippen molar-refractivity contribution in [3.05, 3.63) is 60.2 Å². The van der Waals surface area contributed by atoms with Gasteiger partial charge >= 0.3 is 12.3 Å². The van der Waals surface area contributed by atoms with Crippen LogP contribution in [0.15, 0.2) is 54.6 Å². The van der Waals surface area contributed by atoms with Crippen LogP contribution in [0, 0.1) is 5.92 Å². The van der Waals surface area contributed by atoms with Crippen molar-refractivity contribution in [2.45, 2.75) is 91.3 Å². The van der Waals surface area contributed by atoms with Crippen molar-refractivity contribution in [2.75, 3.05) is 0 Å². The molecular formula is C32H38F3NO4. The predicted molar refractivity (Wildman–Crippen MR) is 150 cm³/mol. The lowest BCUT2D eigenvalue weighted by Crippen LogP contribution is -2.28. The predicted octanol–water partition coefficient (Wildman–Crippen LogP) is 8.62. The van der Waals surface area contributed by atoms with Crippen molar-refractivity contribution in [3.63, 3.8) is 0 Å². The molecule has 4 rings (SSSR count). The van der Waals surface area contributed by atoms with Gasteiger partial charge in [-0.1, -0.05) is 39.3 Å². The fraction of sp³-hybridized carbons (Fsp3) is 0.469. The molecule has 1 saturated carbocycles. The SMILES string of the molecule is C=C(C)C(=O)OC1CCC(Oc2ccc3cc(-c4ccc(CCCCC)cc4OC(F)(F)F)n(CC)c3c2)C1C. The molecule has 1 aliphatic rings. The first-order valence-corrected chi connectivity index (χ1v) is 14.1. The van der Waals surface area contributed by atoms with Gasteiger partial charge in [0.05, 0.1) is 11.2 Å². The minimum absolute atomic E-state index is 0.00503. The zero-order chi connectivity index (χ0) is 29.0. The molecule has 0 N–H and O–H groups in total. The first-order chi connectivity index (χ1) is 19.0. The van der Waals surface area contributed by atoms with E-state index in [2.05, 4.69) is 18.2 Å². The highest BCUT2D eigenvalue weighted by atomic mass is 19.4. The van der Waals surface area contributed by atoms with E-state index in [1.54, 1.807) is 13.0 Å². The van der Waals surface area contributed by atoms with Gasteiger partial charge in [0.1, 0.15) is 23.7 Å². The van der Waals surface area contributed by atoms with Crippen molar-refractivity contribution in [1.29, 1.82) is 0 Å². The summed E-state index contributed by atoms with van der Waals surface area (Å²) in [5.41, 5.74) is 3.09. The zero-order valence-corrected chi connectivity index (χ0v) is 23.6. The second-order valence-electron chi connectivity index (χ2n) is 10.6. The number of aromatic nitrogens is 1. The van der Waals surface area contributed by atoms with Crippen molar-refractivity contribution < 1.29 is 32.2 Å². The van der Waals surface area contributed by atoms with E-state index in [1.165, 1.54) is 6.07 Å². The largest absolute Gasteiger partial charge is 0.573 e. The number of carbonyl (C=O) groups excluding carboxylic acids is 1. The van der Waals surface area contributed by atoms with Crippen LogP contribution < -0.4 is 9.47 Å². The third-order valence-corrected chi connectivity index (χ3v) is 7.61. The van der Waals surface area contributed by atoms with E-state index >= 15 is 0 Å². The lowest BCUT2D eigenvalue weighted by atomic mass is 10.0. The fourth-order valence-corrected chi connectivity index (χ4v) is 5.43. The number of hydrogen-bond donors (Lipinski definition) is 0. The Morgan fingerprint density at radius 1 is 1.05 bits per heavy atom. The number of hydrogen-bond acceptors (Lipinski definition) is 4. The van der Waals surface area contributed by atoms with Crippen LogP contribution in [0.3, 0.4) is 0 Å². The molecule has 8 heteroatoms. The van der Waals surface area contributed by atoms with Gasteiger partial charge in [-0.3, -0.25) is 0 Å². The highest BCUT2D eigenvalue weighted by Gasteiger charge is 2.37. The maximum absolute atomic E-state index is 13.4. The first-order valence-electron chi connectivity index (χ1n) is 14.1. The summed E-state index contributed by atoms with van der Waals surface area (Å²) in [6.07, 6.45) is -0.0358. The summed E-state index contributed by atoms with van der Waals surface area (Å²) >= 11 is 0. The van der Waals surface area contributed by atoms with Gasteiger partial charge in [-0.05, 0) is 75.4 Å². The van der Waals surface area contributed by atoms with Crippen molar-refractivity contribution >= 4 is 16.9 Å². The molecule has 5 nitrogen and oxygen atoms in total. The summed E-state index contributed by atoms with van der Waals surface area (Å²) in [7, 11) is 0. The van der Waals surface area contributed by atoms with Gasteiger partial charge in [-0.2, -0.15) is 0 Å². The molecule has 0 spiro atoms. The van der Waals surface area contributed by atoms with Crippen LogP contribution in [0.25, 0.3) is 22.2 Å². The number of ether oxygens (including phenoxy) is 3. The van der Waals surface area contributed by atoms with Gasteiger partial charge in [-0.25, -0.2) is 4.79 Å². The Kier molecular flexibility index (Phi) is 9.16. The van der Waals surface area contributed by atoms with Crippen LogP contribution in [0.5, 0.6) is 11.5 Å². The average molecular weight is 558 g/mol. The molecule has 1 heterocycles. The average Bonchev–Trinajstić information content (AvgIpc) is 3.42. The number of benzene rings is 2. The summed E-state index contributed by atoms with van der Waals surface area (Å²) in [4.78, 5) is 12.0. The molecule has 0 amide bonds. The Labute approximate surface area is 233 Å². The molecule has 216 valence electrons. The van der Waals surface area contributed by atoms with E-state index in [9.17, 15) is 18.0 Å². The van der Waals surface area contributed by atoms with Crippen LogP contribution in [0.1, 0.15) is 65.4 Å². The van der Waals surface area contributed by atoms with E-state index in [0.717, 1.165) is 42.1 Å². The molecule has 2 aromatic carbocycles. The highest BCUT2D eigenvalue weighted by molar-refractivity contribution is 5.89.